The molecule has 0 bridgehead atoms. The number of carbonyl (C=O) groups excluding carboxylic acids is 1. The number of benzene rings is 2. The highest BCUT2D eigenvalue weighted by atomic mass is 16.5. The van der Waals surface area contributed by atoms with Gasteiger partial charge in [0.2, 0.25) is 5.91 Å². The number of hydrogen-bond donors (Lipinski definition) is 0. The predicted molar refractivity (Wildman–Crippen MR) is 97.5 cm³/mol. The smallest absolute Gasteiger partial charge is 0.236 e. The van der Waals surface area contributed by atoms with Gasteiger partial charge in [-0.1, -0.05) is 30.3 Å². The maximum absolute atomic E-state index is 13.1. The number of nitriles is 1. The number of fused-ring (bicyclic) bond motifs is 1. The molecule has 0 saturated carbocycles. The molecule has 4 heteroatoms. The standard InChI is InChI=1S/C21H22N2O2/c1-21(2,15-25-19-12-6-4-9-17(19)14-22)20(24)23-13-7-10-16-8-3-5-11-18(16)23/h3-6,8-9,11-12H,7,10,13,15H2,1-2H3. The van der Waals surface area contributed by atoms with Gasteiger partial charge in [-0.05, 0) is 50.5 Å². The van der Waals surface area contributed by atoms with E-state index in [1.807, 2.05) is 43.0 Å². The maximum Gasteiger partial charge on any atom is 0.236 e. The van der Waals surface area contributed by atoms with Crippen LogP contribution in [0.5, 0.6) is 5.75 Å². The minimum Gasteiger partial charge on any atom is -0.491 e. The van der Waals surface area contributed by atoms with Crippen LogP contribution < -0.4 is 9.64 Å². The molecule has 0 fully saturated rings. The molecule has 0 saturated heterocycles. The highest BCUT2D eigenvalue weighted by Crippen LogP contribution is 2.31. The second-order valence-corrected chi connectivity index (χ2v) is 6.97. The van der Waals surface area contributed by atoms with E-state index < -0.39 is 5.41 Å². The van der Waals surface area contributed by atoms with E-state index in [9.17, 15) is 4.79 Å². The van der Waals surface area contributed by atoms with E-state index >= 15 is 0 Å². The van der Waals surface area contributed by atoms with E-state index in [4.69, 9.17) is 10.00 Å². The van der Waals surface area contributed by atoms with Crippen molar-refractivity contribution in [3.8, 4) is 11.8 Å². The zero-order chi connectivity index (χ0) is 17.9. The monoisotopic (exact) mass is 334 g/mol. The molecule has 0 radical (unpaired) electrons. The highest BCUT2D eigenvalue weighted by Gasteiger charge is 2.35. The molecule has 1 aliphatic heterocycles. The van der Waals surface area contributed by atoms with Crippen molar-refractivity contribution in [1.82, 2.24) is 0 Å². The summed E-state index contributed by atoms with van der Waals surface area (Å²) in [6.45, 7) is 4.74. The van der Waals surface area contributed by atoms with Crippen LogP contribution in [0.25, 0.3) is 0 Å². The molecule has 0 unspecified atom stereocenters. The summed E-state index contributed by atoms with van der Waals surface area (Å²) in [6, 6.07) is 17.3. The lowest BCUT2D eigenvalue weighted by Gasteiger charge is -2.35. The van der Waals surface area contributed by atoms with Crippen LogP contribution in [0, 0.1) is 16.7 Å². The number of hydrogen-bond acceptors (Lipinski definition) is 3. The first-order valence-corrected chi connectivity index (χ1v) is 8.55. The molecule has 0 aromatic heterocycles. The Morgan fingerprint density at radius 1 is 1.20 bits per heavy atom. The summed E-state index contributed by atoms with van der Waals surface area (Å²) < 4.78 is 5.82. The number of rotatable bonds is 4. The normalized spacial score (nSPS) is 13.7. The van der Waals surface area contributed by atoms with Gasteiger partial charge in [0, 0.05) is 12.2 Å². The van der Waals surface area contributed by atoms with E-state index in [1.165, 1.54) is 5.56 Å². The van der Waals surface area contributed by atoms with Gasteiger partial charge in [-0.25, -0.2) is 0 Å². The predicted octanol–water partition coefficient (Wildman–Crippen LogP) is 3.94. The van der Waals surface area contributed by atoms with Crippen molar-refractivity contribution >= 4 is 11.6 Å². The summed E-state index contributed by atoms with van der Waals surface area (Å²) in [5.41, 5.74) is 2.01. The Morgan fingerprint density at radius 2 is 1.92 bits per heavy atom. The molecule has 4 nitrogen and oxygen atoms in total. The van der Waals surface area contributed by atoms with Crippen molar-refractivity contribution in [3.05, 3.63) is 59.7 Å². The van der Waals surface area contributed by atoms with Gasteiger partial charge in [0.25, 0.3) is 0 Å². The van der Waals surface area contributed by atoms with Crippen molar-refractivity contribution < 1.29 is 9.53 Å². The largest absolute Gasteiger partial charge is 0.491 e. The Labute approximate surface area is 148 Å². The van der Waals surface area contributed by atoms with Gasteiger partial charge in [-0.15, -0.1) is 0 Å². The average Bonchev–Trinajstić information content (AvgIpc) is 2.65. The fourth-order valence-corrected chi connectivity index (χ4v) is 3.11. The molecule has 0 N–H and O–H groups in total. The highest BCUT2D eigenvalue weighted by molar-refractivity contribution is 5.98. The van der Waals surface area contributed by atoms with Crippen LogP contribution in [0.1, 0.15) is 31.4 Å². The summed E-state index contributed by atoms with van der Waals surface area (Å²) in [5, 5.41) is 9.16. The first-order chi connectivity index (χ1) is 12.0. The average molecular weight is 334 g/mol. The van der Waals surface area contributed by atoms with Crippen molar-refractivity contribution in [3.63, 3.8) is 0 Å². The topological polar surface area (TPSA) is 53.3 Å². The molecular formula is C21H22N2O2. The number of aryl methyl sites for hydroxylation is 1. The molecular weight excluding hydrogens is 312 g/mol. The Hall–Kier alpha value is -2.80. The summed E-state index contributed by atoms with van der Waals surface area (Å²) in [5.74, 6) is 0.569. The van der Waals surface area contributed by atoms with Gasteiger partial charge < -0.3 is 9.64 Å². The zero-order valence-electron chi connectivity index (χ0n) is 14.7. The van der Waals surface area contributed by atoms with Gasteiger partial charge in [-0.3, -0.25) is 4.79 Å². The van der Waals surface area contributed by atoms with Gasteiger partial charge in [-0.2, -0.15) is 5.26 Å². The minimum absolute atomic E-state index is 0.0501. The second-order valence-electron chi connectivity index (χ2n) is 6.97. The lowest BCUT2D eigenvalue weighted by molar-refractivity contribution is -0.128. The fraction of sp³-hybridized carbons (Fsp3) is 0.333. The Bertz CT molecular complexity index is 821. The molecule has 25 heavy (non-hydrogen) atoms. The second kappa shape index (κ2) is 6.98. The Kier molecular flexibility index (Phi) is 4.76. The number of anilines is 1. The van der Waals surface area contributed by atoms with Crippen molar-refractivity contribution in [2.24, 2.45) is 5.41 Å². The molecule has 1 heterocycles. The lowest BCUT2D eigenvalue weighted by atomic mass is 9.90. The van der Waals surface area contributed by atoms with Crippen molar-refractivity contribution in [1.29, 1.82) is 5.26 Å². The Morgan fingerprint density at radius 3 is 2.72 bits per heavy atom. The van der Waals surface area contributed by atoms with Gasteiger partial charge in [0.15, 0.2) is 0 Å². The SMILES string of the molecule is CC(C)(COc1ccccc1C#N)C(=O)N1CCCc2ccccc21. The third-order valence-electron chi connectivity index (χ3n) is 4.53. The molecule has 0 aliphatic carbocycles. The summed E-state index contributed by atoms with van der Waals surface area (Å²) in [6.07, 6.45) is 1.98. The van der Waals surface area contributed by atoms with Crippen LogP contribution in [0.4, 0.5) is 5.69 Å². The van der Waals surface area contributed by atoms with Gasteiger partial charge in [0.1, 0.15) is 18.4 Å². The summed E-state index contributed by atoms with van der Waals surface area (Å²) in [7, 11) is 0. The third kappa shape index (κ3) is 3.51. The van der Waals surface area contributed by atoms with Crippen LogP contribution in [0.15, 0.2) is 48.5 Å². The van der Waals surface area contributed by atoms with E-state index in [0.29, 0.717) is 11.3 Å². The van der Waals surface area contributed by atoms with Crippen LogP contribution >= 0.6 is 0 Å². The number of nitrogens with zero attached hydrogens (tertiary/aromatic N) is 2. The molecule has 0 spiro atoms. The van der Waals surface area contributed by atoms with E-state index in [1.54, 1.807) is 18.2 Å². The van der Waals surface area contributed by atoms with E-state index in [2.05, 4.69) is 12.1 Å². The molecule has 1 aliphatic rings. The molecule has 2 aromatic carbocycles. The van der Waals surface area contributed by atoms with Crippen LogP contribution in [-0.4, -0.2) is 19.1 Å². The quantitative estimate of drug-likeness (QED) is 0.851. The molecule has 3 rings (SSSR count). The fourth-order valence-electron chi connectivity index (χ4n) is 3.11. The van der Waals surface area contributed by atoms with Gasteiger partial charge >= 0.3 is 0 Å². The van der Waals surface area contributed by atoms with E-state index in [0.717, 1.165) is 25.1 Å². The molecule has 1 amide bonds. The molecule has 2 aromatic rings. The molecule has 0 atom stereocenters. The van der Waals surface area contributed by atoms with Crippen LogP contribution in [0.2, 0.25) is 0 Å². The van der Waals surface area contributed by atoms with Crippen LogP contribution in [-0.2, 0) is 11.2 Å². The van der Waals surface area contributed by atoms with Gasteiger partial charge in [0.05, 0.1) is 11.0 Å². The van der Waals surface area contributed by atoms with Crippen molar-refractivity contribution in [2.45, 2.75) is 26.7 Å². The number of carbonyl (C=O) groups is 1. The third-order valence-corrected chi connectivity index (χ3v) is 4.53. The summed E-state index contributed by atoms with van der Waals surface area (Å²) >= 11 is 0. The lowest BCUT2D eigenvalue weighted by Crippen LogP contribution is -2.46. The first kappa shape index (κ1) is 17.0. The minimum atomic E-state index is -0.687. The number of para-hydroxylation sites is 2. The first-order valence-electron chi connectivity index (χ1n) is 8.55. The number of amides is 1. The van der Waals surface area contributed by atoms with Crippen LogP contribution in [0.3, 0.4) is 0 Å². The number of ether oxygens (including phenoxy) is 1. The molecule has 128 valence electrons. The van der Waals surface area contributed by atoms with Crippen molar-refractivity contribution in [2.75, 3.05) is 18.1 Å². The zero-order valence-corrected chi connectivity index (χ0v) is 14.7. The maximum atomic E-state index is 13.1. The summed E-state index contributed by atoms with van der Waals surface area (Å²) in [4.78, 5) is 15.0. The van der Waals surface area contributed by atoms with E-state index in [-0.39, 0.29) is 12.5 Å². The Balaban J connectivity index is 1.76.